The summed E-state index contributed by atoms with van der Waals surface area (Å²) in [5.41, 5.74) is 1.10. The van der Waals surface area contributed by atoms with Crippen LogP contribution in [0.15, 0.2) is 59.6 Å². The summed E-state index contributed by atoms with van der Waals surface area (Å²) in [4.78, 5) is 9.23. The van der Waals surface area contributed by atoms with Crippen LogP contribution >= 0.6 is 24.0 Å². The molecule has 2 aliphatic heterocycles. The fourth-order valence-corrected chi connectivity index (χ4v) is 4.43. The molecule has 2 saturated heterocycles. The second-order valence-electron chi connectivity index (χ2n) is 8.26. The van der Waals surface area contributed by atoms with Crippen LogP contribution in [0.2, 0.25) is 0 Å². The summed E-state index contributed by atoms with van der Waals surface area (Å²) in [6.45, 7) is 5.68. The Labute approximate surface area is 213 Å². The maximum absolute atomic E-state index is 13.5. The molecule has 0 bridgehead atoms. The molecule has 2 aromatic rings. The van der Waals surface area contributed by atoms with Crippen molar-refractivity contribution in [3.05, 3.63) is 66.0 Å². The molecule has 1 unspecified atom stereocenters. The average Bonchev–Trinajstić information content (AvgIpc) is 2.85. The number of ether oxygens (including phenoxy) is 2. The lowest BCUT2D eigenvalue weighted by Crippen LogP contribution is -2.50. The van der Waals surface area contributed by atoms with Crippen LogP contribution in [0.5, 0.6) is 5.75 Å². The topological polar surface area (TPSA) is 49.3 Å². The molecular weight excluding hydrogens is 534 g/mol. The summed E-state index contributed by atoms with van der Waals surface area (Å²) < 4.78 is 25.1. The van der Waals surface area contributed by atoms with E-state index in [9.17, 15) is 4.39 Å². The number of rotatable bonds is 6. The van der Waals surface area contributed by atoms with E-state index in [0.717, 1.165) is 69.5 Å². The Bertz CT molecular complexity index is 854. The molecular formula is C25H34FIN4O2. The Balaban J connectivity index is 0.00000306. The molecule has 0 aromatic heterocycles. The zero-order valence-corrected chi connectivity index (χ0v) is 21.5. The number of likely N-dealkylation sites (tertiary alicyclic amines) is 1. The number of nitrogens with zero attached hydrogens (tertiary/aromatic N) is 3. The van der Waals surface area contributed by atoms with Gasteiger partial charge in [0.05, 0.1) is 19.3 Å². The number of nitrogens with one attached hydrogen (secondary N) is 1. The van der Waals surface area contributed by atoms with Crippen molar-refractivity contribution in [3.63, 3.8) is 0 Å². The zero-order valence-electron chi connectivity index (χ0n) is 19.2. The molecule has 0 spiro atoms. The van der Waals surface area contributed by atoms with Gasteiger partial charge in [0.25, 0.3) is 0 Å². The molecule has 0 saturated carbocycles. The first-order valence-corrected chi connectivity index (χ1v) is 11.5. The number of para-hydroxylation sites is 1. The minimum Gasteiger partial charge on any atom is -0.490 e. The molecule has 2 aliphatic rings. The summed E-state index contributed by atoms with van der Waals surface area (Å²) >= 11 is 0. The molecule has 180 valence electrons. The van der Waals surface area contributed by atoms with Crippen LogP contribution in [0, 0.1) is 5.82 Å². The Kier molecular flexibility index (Phi) is 10.2. The van der Waals surface area contributed by atoms with Crippen molar-refractivity contribution >= 4 is 29.9 Å². The predicted octanol–water partition coefficient (Wildman–Crippen LogP) is 3.94. The first-order chi connectivity index (χ1) is 15.7. The van der Waals surface area contributed by atoms with E-state index in [1.54, 1.807) is 0 Å². The summed E-state index contributed by atoms with van der Waals surface area (Å²) in [5.74, 6) is 1.63. The second-order valence-corrected chi connectivity index (χ2v) is 8.26. The highest BCUT2D eigenvalue weighted by atomic mass is 127. The molecule has 0 aliphatic carbocycles. The van der Waals surface area contributed by atoms with E-state index >= 15 is 0 Å². The van der Waals surface area contributed by atoms with E-state index in [2.05, 4.69) is 20.1 Å². The fraction of sp³-hybridized carbons (Fsp3) is 0.480. The largest absolute Gasteiger partial charge is 0.490 e. The lowest BCUT2D eigenvalue weighted by molar-refractivity contribution is 0.0168. The normalized spacial score (nSPS) is 19.0. The second kappa shape index (κ2) is 13.1. The summed E-state index contributed by atoms with van der Waals surface area (Å²) in [7, 11) is 1.83. The van der Waals surface area contributed by atoms with Crippen molar-refractivity contribution < 1.29 is 13.9 Å². The molecule has 2 aromatic carbocycles. The van der Waals surface area contributed by atoms with Gasteiger partial charge in [0.2, 0.25) is 0 Å². The van der Waals surface area contributed by atoms with E-state index in [1.165, 1.54) is 12.1 Å². The van der Waals surface area contributed by atoms with Gasteiger partial charge >= 0.3 is 0 Å². The van der Waals surface area contributed by atoms with E-state index in [-0.39, 0.29) is 41.9 Å². The third kappa shape index (κ3) is 7.28. The van der Waals surface area contributed by atoms with Crippen molar-refractivity contribution in [1.82, 2.24) is 15.1 Å². The smallest absolute Gasteiger partial charge is 0.193 e. The Morgan fingerprint density at radius 3 is 2.36 bits per heavy atom. The molecule has 4 rings (SSSR count). The molecule has 0 amide bonds. The van der Waals surface area contributed by atoms with Crippen LogP contribution in [0.1, 0.15) is 24.4 Å². The SMILES string of the molecule is CN=C(NCC(c1ccc(F)cc1)N1CCOCC1)N1CCC(Oc2ccccc2)CC1.I. The highest BCUT2D eigenvalue weighted by Gasteiger charge is 2.26. The number of hydrogen-bond acceptors (Lipinski definition) is 4. The Hall–Kier alpha value is -1.91. The number of piperidine rings is 1. The molecule has 33 heavy (non-hydrogen) atoms. The van der Waals surface area contributed by atoms with Gasteiger partial charge in [-0.3, -0.25) is 9.89 Å². The number of morpholine rings is 1. The molecule has 0 radical (unpaired) electrons. The van der Waals surface area contributed by atoms with Crippen LogP contribution in [-0.4, -0.2) is 74.8 Å². The van der Waals surface area contributed by atoms with Gasteiger partial charge < -0.3 is 19.7 Å². The number of benzene rings is 2. The maximum atomic E-state index is 13.5. The number of halogens is 2. The van der Waals surface area contributed by atoms with Gasteiger partial charge in [-0.15, -0.1) is 24.0 Å². The molecule has 2 fully saturated rings. The lowest BCUT2D eigenvalue weighted by atomic mass is 10.0. The first-order valence-electron chi connectivity index (χ1n) is 11.5. The average molecular weight is 568 g/mol. The van der Waals surface area contributed by atoms with Crippen molar-refractivity contribution in [2.24, 2.45) is 4.99 Å². The molecule has 1 N–H and O–H groups in total. The highest BCUT2D eigenvalue weighted by Crippen LogP contribution is 2.23. The van der Waals surface area contributed by atoms with Gasteiger partial charge in [-0.05, 0) is 29.8 Å². The standard InChI is InChI=1S/C25H33FN4O2.HI/c1-27-25(30-13-11-23(12-14-30)32-22-5-3-2-4-6-22)28-19-24(29-15-17-31-18-16-29)20-7-9-21(26)10-8-20;/h2-10,23-24H,11-19H2,1H3,(H,27,28);1H. The number of guanidine groups is 1. The molecule has 1 atom stereocenters. The van der Waals surface area contributed by atoms with E-state index in [4.69, 9.17) is 9.47 Å². The van der Waals surface area contributed by atoms with Crippen LogP contribution < -0.4 is 10.1 Å². The predicted molar refractivity (Wildman–Crippen MR) is 140 cm³/mol. The minimum atomic E-state index is -0.209. The summed E-state index contributed by atoms with van der Waals surface area (Å²) in [6.07, 6.45) is 2.15. The molecule has 6 nitrogen and oxygen atoms in total. The van der Waals surface area contributed by atoms with E-state index in [1.807, 2.05) is 49.5 Å². The van der Waals surface area contributed by atoms with Gasteiger partial charge in [-0.2, -0.15) is 0 Å². The number of aliphatic imine (C=N–C) groups is 1. The molecule has 8 heteroatoms. The van der Waals surface area contributed by atoms with Gasteiger partial charge in [-0.25, -0.2) is 4.39 Å². The van der Waals surface area contributed by atoms with Crippen LogP contribution in [0.3, 0.4) is 0 Å². The summed E-state index contributed by atoms with van der Waals surface area (Å²) in [6, 6.07) is 17.0. The third-order valence-electron chi connectivity index (χ3n) is 6.19. The Morgan fingerprint density at radius 2 is 1.73 bits per heavy atom. The van der Waals surface area contributed by atoms with Crippen LogP contribution in [-0.2, 0) is 4.74 Å². The monoisotopic (exact) mass is 568 g/mol. The zero-order chi connectivity index (χ0) is 22.2. The van der Waals surface area contributed by atoms with Crippen LogP contribution in [0.4, 0.5) is 4.39 Å². The van der Waals surface area contributed by atoms with Gasteiger partial charge in [0.15, 0.2) is 5.96 Å². The first kappa shape index (κ1) is 25.7. The van der Waals surface area contributed by atoms with Crippen molar-refractivity contribution in [2.45, 2.75) is 25.0 Å². The van der Waals surface area contributed by atoms with E-state index < -0.39 is 0 Å². The lowest BCUT2D eigenvalue weighted by Gasteiger charge is -2.37. The van der Waals surface area contributed by atoms with Gasteiger partial charge in [-0.1, -0.05) is 30.3 Å². The van der Waals surface area contributed by atoms with Crippen LogP contribution in [0.25, 0.3) is 0 Å². The fourth-order valence-electron chi connectivity index (χ4n) is 4.43. The Morgan fingerprint density at radius 1 is 1.06 bits per heavy atom. The van der Waals surface area contributed by atoms with Gasteiger partial charge in [0, 0.05) is 52.6 Å². The van der Waals surface area contributed by atoms with Crippen molar-refractivity contribution in [2.75, 3.05) is 53.0 Å². The summed E-state index contributed by atoms with van der Waals surface area (Å²) in [5, 5.41) is 3.57. The molecule has 2 heterocycles. The third-order valence-corrected chi connectivity index (χ3v) is 6.19. The highest BCUT2D eigenvalue weighted by molar-refractivity contribution is 14.0. The van der Waals surface area contributed by atoms with E-state index in [0.29, 0.717) is 6.54 Å². The van der Waals surface area contributed by atoms with Crippen molar-refractivity contribution in [3.8, 4) is 5.75 Å². The quantitative estimate of drug-likeness (QED) is 0.325. The number of hydrogen-bond donors (Lipinski definition) is 1. The van der Waals surface area contributed by atoms with Crippen molar-refractivity contribution in [1.29, 1.82) is 0 Å². The maximum Gasteiger partial charge on any atom is 0.193 e. The van der Waals surface area contributed by atoms with Gasteiger partial charge in [0.1, 0.15) is 17.7 Å². The minimum absolute atomic E-state index is 0.